The van der Waals surface area contributed by atoms with Gasteiger partial charge in [-0.1, -0.05) is 29.3 Å². The smallest absolute Gasteiger partial charge is 0.0465 e. The fourth-order valence-corrected chi connectivity index (χ4v) is 4.09. The van der Waals surface area contributed by atoms with Crippen LogP contribution in [0.1, 0.15) is 22.9 Å². The molecule has 4 heteroatoms. The van der Waals surface area contributed by atoms with E-state index >= 15 is 0 Å². The summed E-state index contributed by atoms with van der Waals surface area (Å²) in [6.45, 7) is 4.07. The Labute approximate surface area is 127 Å². The molecule has 19 heavy (non-hydrogen) atoms. The monoisotopic (exact) mass is 311 g/mol. The predicted octanol–water partition coefficient (Wildman–Crippen LogP) is 5.00. The molecule has 1 aromatic carbocycles. The number of benzene rings is 1. The Hall–Kier alpha value is -0.540. The Balaban J connectivity index is 1.84. The number of hydrogen-bond donors (Lipinski definition) is 0. The molecule has 0 fully saturated rings. The summed E-state index contributed by atoms with van der Waals surface area (Å²) in [7, 11) is 0. The van der Waals surface area contributed by atoms with Crippen LogP contribution in [-0.2, 0) is 19.5 Å². The van der Waals surface area contributed by atoms with E-state index in [9.17, 15) is 0 Å². The Bertz CT molecular complexity index is 573. The third-order valence-electron chi connectivity index (χ3n) is 3.74. The third-order valence-corrected chi connectivity index (χ3v) is 5.43. The first-order valence-corrected chi connectivity index (χ1v) is 8.01. The SMILES string of the molecule is CC1Cc2sccc2CN1Cc1c(Cl)cccc1Cl. The fourth-order valence-electron chi connectivity index (χ4n) is 2.56. The van der Waals surface area contributed by atoms with Crippen molar-refractivity contribution in [1.82, 2.24) is 4.90 Å². The second-order valence-electron chi connectivity index (χ2n) is 5.03. The largest absolute Gasteiger partial charge is 0.292 e. The summed E-state index contributed by atoms with van der Waals surface area (Å²) in [5, 5.41) is 3.70. The number of nitrogens with zero attached hydrogens (tertiary/aromatic N) is 1. The van der Waals surface area contributed by atoms with Gasteiger partial charge in [0, 0.05) is 39.6 Å². The predicted molar refractivity (Wildman–Crippen MR) is 83.2 cm³/mol. The van der Waals surface area contributed by atoms with E-state index in [4.69, 9.17) is 23.2 Å². The van der Waals surface area contributed by atoms with Gasteiger partial charge in [-0.05, 0) is 42.5 Å². The number of hydrogen-bond acceptors (Lipinski definition) is 2. The van der Waals surface area contributed by atoms with Crippen molar-refractivity contribution in [3.63, 3.8) is 0 Å². The standard InChI is InChI=1S/C15H15Cl2NS/c1-10-7-15-11(5-6-19-15)8-18(10)9-12-13(16)3-2-4-14(12)17/h2-6,10H,7-9H2,1H3. The van der Waals surface area contributed by atoms with Crippen molar-refractivity contribution < 1.29 is 0 Å². The second kappa shape index (κ2) is 5.45. The lowest BCUT2D eigenvalue weighted by atomic mass is 10.0. The first-order chi connectivity index (χ1) is 9.15. The Kier molecular flexibility index (Phi) is 3.86. The molecule has 0 N–H and O–H groups in total. The van der Waals surface area contributed by atoms with Crippen LogP contribution in [0.2, 0.25) is 10.0 Å². The van der Waals surface area contributed by atoms with Crippen molar-refractivity contribution in [3.8, 4) is 0 Å². The third kappa shape index (κ3) is 2.68. The fraction of sp³-hybridized carbons (Fsp3) is 0.333. The summed E-state index contributed by atoms with van der Waals surface area (Å²) in [4.78, 5) is 3.97. The molecule has 0 amide bonds. The number of thiophene rings is 1. The van der Waals surface area contributed by atoms with Gasteiger partial charge in [0.1, 0.15) is 0 Å². The van der Waals surface area contributed by atoms with Gasteiger partial charge in [-0.15, -0.1) is 11.3 Å². The number of halogens is 2. The molecule has 0 saturated carbocycles. The van der Waals surface area contributed by atoms with Gasteiger partial charge < -0.3 is 0 Å². The van der Waals surface area contributed by atoms with E-state index < -0.39 is 0 Å². The minimum Gasteiger partial charge on any atom is -0.292 e. The first-order valence-electron chi connectivity index (χ1n) is 6.37. The van der Waals surface area contributed by atoms with Crippen molar-refractivity contribution in [2.24, 2.45) is 0 Å². The van der Waals surface area contributed by atoms with E-state index in [0.29, 0.717) is 6.04 Å². The zero-order chi connectivity index (χ0) is 13.4. The highest BCUT2D eigenvalue weighted by atomic mass is 35.5. The Morgan fingerprint density at radius 1 is 1.26 bits per heavy atom. The second-order valence-corrected chi connectivity index (χ2v) is 6.84. The summed E-state index contributed by atoms with van der Waals surface area (Å²) >= 11 is 14.4. The maximum absolute atomic E-state index is 6.27. The van der Waals surface area contributed by atoms with Crippen LogP contribution < -0.4 is 0 Å². The van der Waals surface area contributed by atoms with Gasteiger partial charge in [-0.3, -0.25) is 4.90 Å². The van der Waals surface area contributed by atoms with Crippen LogP contribution in [0, 0.1) is 0 Å². The van der Waals surface area contributed by atoms with Gasteiger partial charge in [0.2, 0.25) is 0 Å². The molecule has 0 spiro atoms. The molecule has 2 heterocycles. The molecule has 0 radical (unpaired) electrons. The van der Waals surface area contributed by atoms with Crippen LogP contribution in [0.3, 0.4) is 0 Å². The van der Waals surface area contributed by atoms with Crippen LogP contribution >= 0.6 is 34.5 Å². The average Bonchev–Trinajstić information content (AvgIpc) is 2.81. The van der Waals surface area contributed by atoms with Gasteiger partial charge in [0.15, 0.2) is 0 Å². The lowest BCUT2D eigenvalue weighted by Gasteiger charge is -2.33. The molecule has 2 aromatic rings. The van der Waals surface area contributed by atoms with E-state index in [1.807, 2.05) is 29.5 Å². The maximum Gasteiger partial charge on any atom is 0.0465 e. The summed E-state index contributed by atoms with van der Waals surface area (Å²) in [6, 6.07) is 8.47. The topological polar surface area (TPSA) is 3.24 Å². The van der Waals surface area contributed by atoms with Crippen molar-refractivity contribution in [3.05, 3.63) is 55.7 Å². The highest BCUT2D eigenvalue weighted by Gasteiger charge is 2.24. The maximum atomic E-state index is 6.27. The van der Waals surface area contributed by atoms with Crippen molar-refractivity contribution in [2.45, 2.75) is 32.5 Å². The molecule has 1 unspecified atom stereocenters. The number of rotatable bonds is 2. The van der Waals surface area contributed by atoms with Gasteiger partial charge in [0.05, 0.1) is 0 Å². The van der Waals surface area contributed by atoms with E-state index in [2.05, 4.69) is 23.3 Å². The van der Waals surface area contributed by atoms with E-state index in [1.54, 1.807) is 0 Å². The summed E-state index contributed by atoms with van der Waals surface area (Å²) in [5.41, 5.74) is 2.49. The molecular formula is C15H15Cl2NS. The Morgan fingerprint density at radius 2 is 2.00 bits per heavy atom. The molecule has 1 aliphatic heterocycles. The van der Waals surface area contributed by atoms with Crippen LogP contribution in [0.15, 0.2) is 29.6 Å². The molecule has 0 saturated heterocycles. The zero-order valence-electron chi connectivity index (χ0n) is 10.7. The van der Waals surface area contributed by atoms with Crippen LogP contribution in [0.5, 0.6) is 0 Å². The first kappa shape index (κ1) is 13.4. The highest BCUT2D eigenvalue weighted by molar-refractivity contribution is 7.10. The summed E-state index contributed by atoms with van der Waals surface area (Å²) < 4.78 is 0. The lowest BCUT2D eigenvalue weighted by molar-refractivity contribution is 0.177. The number of fused-ring (bicyclic) bond motifs is 1. The molecule has 1 aliphatic rings. The van der Waals surface area contributed by atoms with Gasteiger partial charge in [-0.25, -0.2) is 0 Å². The molecule has 0 aliphatic carbocycles. The average molecular weight is 312 g/mol. The minimum absolute atomic E-state index is 0.526. The highest BCUT2D eigenvalue weighted by Crippen LogP contribution is 2.31. The van der Waals surface area contributed by atoms with Crippen molar-refractivity contribution in [2.75, 3.05) is 0 Å². The molecular weight excluding hydrogens is 297 g/mol. The van der Waals surface area contributed by atoms with E-state index in [-0.39, 0.29) is 0 Å². The minimum atomic E-state index is 0.526. The van der Waals surface area contributed by atoms with E-state index in [0.717, 1.165) is 35.1 Å². The molecule has 100 valence electrons. The summed E-state index contributed by atoms with van der Waals surface area (Å²) in [6.07, 6.45) is 1.12. The normalized spacial score (nSPS) is 19.4. The molecule has 0 bridgehead atoms. The lowest BCUT2D eigenvalue weighted by Crippen LogP contribution is -2.37. The zero-order valence-corrected chi connectivity index (χ0v) is 13.0. The quantitative estimate of drug-likeness (QED) is 0.754. The molecule has 3 rings (SSSR count). The van der Waals surface area contributed by atoms with Crippen molar-refractivity contribution in [1.29, 1.82) is 0 Å². The van der Waals surface area contributed by atoms with Crippen molar-refractivity contribution >= 4 is 34.5 Å². The van der Waals surface area contributed by atoms with Crippen LogP contribution in [-0.4, -0.2) is 10.9 Å². The van der Waals surface area contributed by atoms with Crippen LogP contribution in [0.4, 0.5) is 0 Å². The molecule has 1 aromatic heterocycles. The van der Waals surface area contributed by atoms with Gasteiger partial charge in [0.25, 0.3) is 0 Å². The molecule has 1 atom stereocenters. The van der Waals surface area contributed by atoms with Crippen LogP contribution in [0.25, 0.3) is 0 Å². The Morgan fingerprint density at radius 3 is 2.74 bits per heavy atom. The van der Waals surface area contributed by atoms with Gasteiger partial charge >= 0.3 is 0 Å². The van der Waals surface area contributed by atoms with E-state index in [1.165, 1.54) is 10.4 Å². The van der Waals surface area contributed by atoms with Gasteiger partial charge in [-0.2, -0.15) is 0 Å². The summed E-state index contributed by atoms with van der Waals surface area (Å²) in [5.74, 6) is 0. The molecule has 1 nitrogen and oxygen atoms in total.